The fourth-order valence-corrected chi connectivity index (χ4v) is 1.31. The Labute approximate surface area is 107 Å². The van der Waals surface area contributed by atoms with Gasteiger partial charge in [0, 0.05) is 19.5 Å². The first-order valence-corrected chi connectivity index (χ1v) is 5.89. The van der Waals surface area contributed by atoms with E-state index in [0.29, 0.717) is 38.8 Å². The highest BCUT2D eigenvalue weighted by molar-refractivity contribution is 5.94. The average Bonchev–Trinajstić information content (AvgIpc) is 2.39. The molecule has 2 N–H and O–H groups in total. The van der Waals surface area contributed by atoms with Crippen molar-refractivity contribution in [2.45, 2.75) is 25.7 Å². The first-order chi connectivity index (χ1) is 8.65. The molecule has 0 heterocycles. The van der Waals surface area contributed by atoms with Gasteiger partial charge in [-0.1, -0.05) is 13.0 Å². The van der Waals surface area contributed by atoms with Crippen LogP contribution in [0.5, 0.6) is 0 Å². The smallest absolute Gasteiger partial charge is 0.305 e. The van der Waals surface area contributed by atoms with Crippen LogP contribution in [0.15, 0.2) is 12.7 Å². The van der Waals surface area contributed by atoms with Crippen LogP contribution in [0.3, 0.4) is 0 Å². The number of hydrogen-bond donors (Lipinski definition) is 1. The van der Waals surface area contributed by atoms with Crippen molar-refractivity contribution in [1.29, 1.82) is 0 Å². The minimum atomic E-state index is -0.410. The predicted octanol–water partition coefficient (Wildman–Crippen LogP) is 0.220. The maximum absolute atomic E-state index is 11.1. The van der Waals surface area contributed by atoms with Gasteiger partial charge in [0.1, 0.15) is 6.61 Å². The van der Waals surface area contributed by atoms with Crippen molar-refractivity contribution in [3.8, 4) is 0 Å². The number of amides is 2. The predicted molar refractivity (Wildman–Crippen MR) is 66.5 cm³/mol. The normalized spacial score (nSPS) is 9.61. The lowest BCUT2D eigenvalue weighted by molar-refractivity contribution is -0.143. The summed E-state index contributed by atoms with van der Waals surface area (Å²) in [5.74, 6) is -0.679. The van der Waals surface area contributed by atoms with E-state index >= 15 is 0 Å². The van der Waals surface area contributed by atoms with E-state index < -0.39 is 5.91 Å². The molecular formula is C12H20N2O4. The third kappa shape index (κ3) is 7.56. The van der Waals surface area contributed by atoms with Gasteiger partial charge in [-0.05, 0) is 18.9 Å². The Bertz CT molecular complexity index is 292. The highest BCUT2D eigenvalue weighted by Crippen LogP contribution is 2.03. The van der Waals surface area contributed by atoms with Crippen LogP contribution in [-0.2, 0) is 19.1 Å². The highest BCUT2D eigenvalue weighted by Gasteiger charge is 2.08. The van der Waals surface area contributed by atoms with E-state index in [1.54, 1.807) is 0 Å². The molecule has 0 saturated carbocycles. The second-order valence-corrected chi connectivity index (χ2v) is 3.66. The van der Waals surface area contributed by atoms with Crippen molar-refractivity contribution >= 4 is 18.3 Å². The van der Waals surface area contributed by atoms with Crippen LogP contribution in [0.25, 0.3) is 0 Å². The van der Waals surface area contributed by atoms with Crippen LogP contribution in [0.2, 0.25) is 0 Å². The van der Waals surface area contributed by atoms with Gasteiger partial charge in [0.2, 0.25) is 6.41 Å². The second-order valence-electron chi connectivity index (χ2n) is 3.66. The van der Waals surface area contributed by atoms with E-state index in [9.17, 15) is 14.4 Å². The van der Waals surface area contributed by atoms with Gasteiger partial charge in [0.25, 0.3) is 5.91 Å². The number of nitrogens with two attached hydrogens (primary N) is 1. The summed E-state index contributed by atoms with van der Waals surface area (Å²) in [7, 11) is 0. The van der Waals surface area contributed by atoms with Gasteiger partial charge >= 0.3 is 5.97 Å². The number of carbonyl (C=O) groups is 3. The number of hydrogen-bond acceptors (Lipinski definition) is 5. The zero-order valence-electron chi connectivity index (χ0n) is 10.5. The molecule has 0 aliphatic carbocycles. The molecule has 6 heteroatoms. The molecular weight excluding hydrogens is 236 g/mol. The van der Waals surface area contributed by atoms with Crippen molar-refractivity contribution in [1.82, 2.24) is 4.90 Å². The molecule has 18 heavy (non-hydrogen) atoms. The lowest BCUT2D eigenvalue weighted by Crippen LogP contribution is -2.28. The molecule has 102 valence electrons. The minimum absolute atomic E-state index is 0.242. The molecule has 2 amide bonds. The summed E-state index contributed by atoms with van der Waals surface area (Å²) >= 11 is 0. The Hall–Kier alpha value is -1.69. The largest absolute Gasteiger partial charge is 0.464 e. The molecule has 0 aliphatic heterocycles. The number of imide groups is 1. The van der Waals surface area contributed by atoms with E-state index in [1.165, 1.54) is 0 Å². The molecule has 0 bridgehead atoms. The number of nitrogens with zero attached hydrogens (tertiary/aromatic N) is 1. The molecule has 0 aromatic rings. The summed E-state index contributed by atoms with van der Waals surface area (Å²) in [6.45, 7) is 4.21. The van der Waals surface area contributed by atoms with Crippen molar-refractivity contribution < 1.29 is 19.1 Å². The molecule has 0 aromatic heterocycles. The standard InChI is InChI=1S/C12H20N2O4/c1-2-11(16)14(10-15)8-5-3-4-6-12(17)18-9-7-13/h2,10H,1,3-9,13H2. The molecule has 0 aliphatic rings. The first-order valence-electron chi connectivity index (χ1n) is 5.89. The Kier molecular flexibility index (Phi) is 9.48. The Morgan fingerprint density at radius 2 is 2.00 bits per heavy atom. The number of esters is 1. The van der Waals surface area contributed by atoms with Gasteiger partial charge in [-0.3, -0.25) is 19.3 Å². The van der Waals surface area contributed by atoms with E-state index in [2.05, 4.69) is 6.58 Å². The average molecular weight is 256 g/mol. The number of unbranched alkanes of at least 4 members (excludes halogenated alkanes) is 2. The van der Waals surface area contributed by atoms with E-state index in [1.807, 2.05) is 0 Å². The van der Waals surface area contributed by atoms with Crippen molar-refractivity contribution in [2.75, 3.05) is 19.7 Å². The minimum Gasteiger partial charge on any atom is -0.464 e. The summed E-state index contributed by atoms with van der Waals surface area (Å²) < 4.78 is 4.80. The van der Waals surface area contributed by atoms with Crippen LogP contribution in [0.1, 0.15) is 25.7 Å². The van der Waals surface area contributed by atoms with Gasteiger partial charge < -0.3 is 10.5 Å². The number of carbonyl (C=O) groups excluding carboxylic acids is 3. The molecule has 0 fully saturated rings. The van der Waals surface area contributed by atoms with Gasteiger partial charge in [0.15, 0.2) is 0 Å². The summed E-state index contributed by atoms with van der Waals surface area (Å²) in [5.41, 5.74) is 5.19. The van der Waals surface area contributed by atoms with Crippen molar-refractivity contribution in [3.05, 3.63) is 12.7 Å². The lowest BCUT2D eigenvalue weighted by Gasteiger charge is -2.12. The van der Waals surface area contributed by atoms with Gasteiger partial charge in [-0.2, -0.15) is 0 Å². The summed E-state index contributed by atoms with van der Waals surface area (Å²) in [6.07, 6.45) is 3.97. The maximum atomic E-state index is 11.1. The van der Waals surface area contributed by atoms with Crippen molar-refractivity contribution in [3.63, 3.8) is 0 Å². The van der Waals surface area contributed by atoms with E-state index in [0.717, 1.165) is 17.4 Å². The third-order valence-corrected chi connectivity index (χ3v) is 2.25. The Morgan fingerprint density at radius 1 is 1.28 bits per heavy atom. The number of ether oxygens (including phenoxy) is 1. The van der Waals surface area contributed by atoms with Crippen LogP contribution in [-0.4, -0.2) is 42.9 Å². The fraction of sp³-hybridized carbons (Fsp3) is 0.583. The van der Waals surface area contributed by atoms with Gasteiger partial charge in [-0.25, -0.2) is 0 Å². The third-order valence-electron chi connectivity index (χ3n) is 2.25. The van der Waals surface area contributed by atoms with E-state index in [4.69, 9.17) is 10.5 Å². The monoisotopic (exact) mass is 256 g/mol. The second kappa shape index (κ2) is 10.5. The lowest BCUT2D eigenvalue weighted by atomic mass is 10.2. The Balaban J connectivity index is 3.60. The topological polar surface area (TPSA) is 89.7 Å². The summed E-state index contributed by atoms with van der Waals surface area (Å²) in [5, 5.41) is 0. The molecule has 0 rings (SSSR count). The zero-order chi connectivity index (χ0) is 13.8. The molecule has 6 nitrogen and oxygen atoms in total. The molecule has 0 unspecified atom stereocenters. The highest BCUT2D eigenvalue weighted by atomic mass is 16.5. The quantitative estimate of drug-likeness (QED) is 0.261. The van der Waals surface area contributed by atoms with Crippen LogP contribution >= 0.6 is 0 Å². The van der Waals surface area contributed by atoms with Gasteiger partial charge in [0.05, 0.1) is 0 Å². The molecule has 0 atom stereocenters. The zero-order valence-corrected chi connectivity index (χ0v) is 10.5. The van der Waals surface area contributed by atoms with E-state index in [-0.39, 0.29) is 12.6 Å². The molecule has 0 aromatic carbocycles. The maximum Gasteiger partial charge on any atom is 0.305 e. The van der Waals surface area contributed by atoms with Crippen LogP contribution in [0, 0.1) is 0 Å². The molecule has 0 spiro atoms. The molecule has 0 saturated heterocycles. The number of rotatable bonds is 10. The Morgan fingerprint density at radius 3 is 2.56 bits per heavy atom. The SMILES string of the molecule is C=CC(=O)N(C=O)CCCCCC(=O)OCCN. The van der Waals surface area contributed by atoms with Crippen LogP contribution in [0.4, 0.5) is 0 Å². The fourth-order valence-electron chi connectivity index (χ4n) is 1.31. The summed E-state index contributed by atoms with van der Waals surface area (Å²) in [6, 6.07) is 0. The molecule has 0 radical (unpaired) electrons. The van der Waals surface area contributed by atoms with Crippen molar-refractivity contribution in [2.24, 2.45) is 5.73 Å². The first kappa shape index (κ1) is 16.3. The van der Waals surface area contributed by atoms with Gasteiger partial charge in [-0.15, -0.1) is 0 Å². The van der Waals surface area contributed by atoms with Crippen LogP contribution < -0.4 is 5.73 Å². The summed E-state index contributed by atoms with van der Waals surface area (Å²) in [4.78, 5) is 33.8.